The number of aliphatic hydroxyl groups is 1. The zero-order chi connectivity index (χ0) is 17.5. The summed E-state index contributed by atoms with van der Waals surface area (Å²) >= 11 is 0. The van der Waals surface area contributed by atoms with E-state index < -0.39 is 5.97 Å². The molecule has 0 aliphatic heterocycles. The Labute approximate surface area is 145 Å². The van der Waals surface area contributed by atoms with E-state index >= 15 is 0 Å². The number of hydrogen-bond donors (Lipinski definition) is 2. The van der Waals surface area contributed by atoms with Gasteiger partial charge < -0.3 is 10.2 Å². The van der Waals surface area contributed by atoms with E-state index in [0.29, 0.717) is 17.4 Å². The Morgan fingerprint density at radius 1 is 1.17 bits per heavy atom. The second-order valence-corrected chi connectivity index (χ2v) is 8.90. The van der Waals surface area contributed by atoms with Gasteiger partial charge in [0.05, 0.1) is 11.7 Å². The molecule has 4 atom stereocenters. The first-order valence-electron chi connectivity index (χ1n) is 9.23. The second-order valence-electron chi connectivity index (χ2n) is 8.90. The number of carboxylic acids is 1. The van der Waals surface area contributed by atoms with E-state index in [9.17, 15) is 15.0 Å². The molecule has 1 aromatic carbocycles. The van der Waals surface area contributed by atoms with E-state index in [1.165, 1.54) is 0 Å². The molecule has 2 N–H and O–H groups in total. The van der Waals surface area contributed by atoms with Gasteiger partial charge in [-0.25, -0.2) is 4.79 Å². The highest BCUT2D eigenvalue weighted by Gasteiger charge is 2.52. The second kappa shape index (κ2) is 6.18. The van der Waals surface area contributed by atoms with Crippen LogP contribution in [0.25, 0.3) is 0 Å². The predicted octanol–water partition coefficient (Wildman–Crippen LogP) is 4.53. The lowest BCUT2D eigenvalue weighted by molar-refractivity contribution is -0.121. The van der Waals surface area contributed by atoms with Crippen molar-refractivity contribution in [2.45, 2.75) is 65.4 Å². The molecule has 0 aromatic heterocycles. The number of carbonyl (C=O) groups is 1. The van der Waals surface area contributed by atoms with Gasteiger partial charge in [0.25, 0.3) is 0 Å². The third-order valence-electron chi connectivity index (χ3n) is 6.96. The summed E-state index contributed by atoms with van der Waals surface area (Å²) in [5.74, 6) is 0.268. The summed E-state index contributed by atoms with van der Waals surface area (Å²) < 4.78 is 0. The monoisotopic (exact) mass is 330 g/mol. The molecule has 2 aliphatic carbocycles. The fourth-order valence-electron chi connectivity index (χ4n) is 5.66. The molecule has 2 fully saturated rings. The lowest BCUT2D eigenvalue weighted by Crippen LogP contribution is -2.52. The van der Waals surface area contributed by atoms with Gasteiger partial charge in [0.2, 0.25) is 0 Å². The molecule has 2 saturated carbocycles. The number of benzene rings is 1. The molecule has 0 radical (unpaired) electrons. The maximum Gasteiger partial charge on any atom is 0.335 e. The zero-order valence-corrected chi connectivity index (χ0v) is 15.1. The Morgan fingerprint density at radius 2 is 1.88 bits per heavy atom. The van der Waals surface area contributed by atoms with Crippen molar-refractivity contribution in [3.63, 3.8) is 0 Å². The Hall–Kier alpha value is -1.35. The van der Waals surface area contributed by atoms with E-state index in [1.54, 1.807) is 12.1 Å². The van der Waals surface area contributed by atoms with Crippen molar-refractivity contribution in [2.75, 3.05) is 0 Å². The fourth-order valence-corrected chi connectivity index (χ4v) is 5.66. The van der Waals surface area contributed by atoms with Crippen LogP contribution in [0.5, 0.6) is 0 Å². The number of fused-ring (bicyclic) bond motifs is 1. The smallest absolute Gasteiger partial charge is 0.335 e. The van der Waals surface area contributed by atoms with Gasteiger partial charge in [-0.05, 0) is 72.8 Å². The minimum Gasteiger partial charge on any atom is -0.478 e. The highest BCUT2D eigenvalue weighted by atomic mass is 16.4. The van der Waals surface area contributed by atoms with Crippen molar-refractivity contribution in [2.24, 2.45) is 22.7 Å². The number of hydrogen-bond acceptors (Lipinski definition) is 2. The molecule has 2 aliphatic rings. The third kappa shape index (κ3) is 2.99. The molecule has 24 heavy (non-hydrogen) atoms. The molecule has 0 spiro atoms. The first kappa shape index (κ1) is 17.5. The predicted molar refractivity (Wildman–Crippen MR) is 95.1 cm³/mol. The van der Waals surface area contributed by atoms with E-state index in [0.717, 1.165) is 44.1 Å². The van der Waals surface area contributed by atoms with Crippen LogP contribution in [0.15, 0.2) is 24.3 Å². The van der Waals surface area contributed by atoms with Gasteiger partial charge in [-0.1, -0.05) is 39.0 Å². The topological polar surface area (TPSA) is 57.5 Å². The van der Waals surface area contributed by atoms with Gasteiger partial charge in [-0.3, -0.25) is 0 Å². The minimum absolute atomic E-state index is 0.0169. The molecule has 3 nitrogen and oxygen atoms in total. The maximum atomic E-state index is 11.4. The quantitative estimate of drug-likeness (QED) is 0.856. The Morgan fingerprint density at radius 3 is 2.58 bits per heavy atom. The average Bonchev–Trinajstić information content (AvgIpc) is 2.51. The Balaban J connectivity index is 1.77. The third-order valence-corrected chi connectivity index (χ3v) is 6.96. The van der Waals surface area contributed by atoms with Crippen LogP contribution in [0, 0.1) is 22.7 Å². The maximum absolute atomic E-state index is 11.4. The van der Waals surface area contributed by atoms with Gasteiger partial charge in [-0.15, -0.1) is 0 Å². The van der Waals surface area contributed by atoms with Gasteiger partial charge in [0.1, 0.15) is 0 Å². The molecule has 3 rings (SSSR count). The summed E-state index contributed by atoms with van der Waals surface area (Å²) in [6.07, 6.45) is 6.04. The number of aromatic carboxylic acids is 1. The van der Waals surface area contributed by atoms with Crippen LogP contribution in [-0.4, -0.2) is 22.3 Å². The van der Waals surface area contributed by atoms with Crippen LogP contribution in [-0.2, 0) is 6.42 Å². The van der Waals surface area contributed by atoms with Crippen LogP contribution in [0.2, 0.25) is 0 Å². The fraction of sp³-hybridized carbons (Fsp3) is 0.667. The summed E-state index contributed by atoms with van der Waals surface area (Å²) in [5, 5.41) is 19.8. The van der Waals surface area contributed by atoms with Crippen molar-refractivity contribution < 1.29 is 15.0 Å². The summed E-state index contributed by atoms with van der Waals surface area (Å²) in [6, 6.07) is 7.42. The highest BCUT2D eigenvalue weighted by Crippen LogP contribution is 2.59. The lowest BCUT2D eigenvalue weighted by Gasteiger charge is -2.57. The Bertz CT molecular complexity index is 621. The van der Waals surface area contributed by atoms with Crippen molar-refractivity contribution in [1.29, 1.82) is 0 Å². The van der Waals surface area contributed by atoms with Crippen molar-refractivity contribution in [3.05, 3.63) is 35.4 Å². The summed E-state index contributed by atoms with van der Waals surface area (Å²) in [5.41, 5.74) is 1.66. The first-order valence-corrected chi connectivity index (χ1v) is 9.23. The molecule has 0 bridgehead atoms. The number of aliphatic hydroxyl groups excluding tert-OH is 1. The van der Waals surface area contributed by atoms with Gasteiger partial charge >= 0.3 is 5.97 Å². The molecule has 0 amide bonds. The Kier molecular flexibility index (Phi) is 4.50. The zero-order valence-electron chi connectivity index (χ0n) is 15.1. The van der Waals surface area contributed by atoms with Gasteiger partial charge in [-0.2, -0.15) is 0 Å². The van der Waals surface area contributed by atoms with Gasteiger partial charge in [0.15, 0.2) is 0 Å². The van der Waals surface area contributed by atoms with E-state index in [-0.39, 0.29) is 16.9 Å². The first-order chi connectivity index (χ1) is 11.2. The van der Waals surface area contributed by atoms with Crippen molar-refractivity contribution >= 4 is 5.97 Å². The number of rotatable bonds is 3. The summed E-state index contributed by atoms with van der Waals surface area (Å²) in [4.78, 5) is 11.4. The van der Waals surface area contributed by atoms with E-state index in [4.69, 9.17) is 0 Å². The highest BCUT2D eigenvalue weighted by molar-refractivity contribution is 5.89. The minimum atomic E-state index is -0.826. The number of carboxylic acid groups (broad SMARTS) is 1. The van der Waals surface area contributed by atoms with Crippen LogP contribution in [0.3, 0.4) is 0 Å². The molecule has 3 heteroatoms. The molecule has 132 valence electrons. The largest absolute Gasteiger partial charge is 0.478 e. The molecule has 1 aromatic rings. The average molecular weight is 330 g/mol. The lowest BCUT2D eigenvalue weighted by atomic mass is 9.49. The molecule has 0 saturated heterocycles. The van der Waals surface area contributed by atoms with Crippen LogP contribution >= 0.6 is 0 Å². The van der Waals surface area contributed by atoms with Crippen LogP contribution in [0.1, 0.15) is 68.8 Å². The van der Waals surface area contributed by atoms with Crippen LogP contribution in [0.4, 0.5) is 0 Å². The van der Waals surface area contributed by atoms with Gasteiger partial charge in [0, 0.05) is 0 Å². The normalized spacial score (nSPS) is 35.2. The van der Waals surface area contributed by atoms with Crippen LogP contribution < -0.4 is 0 Å². The van der Waals surface area contributed by atoms with E-state index in [2.05, 4.69) is 20.8 Å². The molecule has 1 unspecified atom stereocenters. The summed E-state index contributed by atoms with van der Waals surface area (Å²) in [6.45, 7) is 6.83. The SMILES string of the molecule is CC1(C)C2CC[C@@H](Cc3ccccc3C(=O)O)C[C@@]2(C)CC[C@@H]1O. The van der Waals surface area contributed by atoms with E-state index in [1.807, 2.05) is 12.1 Å². The standard InChI is InChI=1S/C21H30O3/c1-20(2)17-9-8-14(13-21(17,3)11-10-18(20)22)12-15-6-4-5-7-16(15)19(23)24/h4-7,14,17-18,22H,8-13H2,1-3H3,(H,23,24)/t14-,17?,18-,21+/m0/s1. The van der Waals surface area contributed by atoms with Crippen molar-refractivity contribution in [1.82, 2.24) is 0 Å². The molecular formula is C21H30O3. The molecular weight excluding hydrogens is 300 g/mol. The summed E-state index contributed by atoms with van der Waals surface area (Å²) in [7, 11) is 0. The van der Waals surface area contributed by atoms with Crippen molar-refractivity contribution in [3.8, 4) is 0 Å². The molecule has 0 heterocycles.